The number of hydrogen-bond donors (Lipinski definition) is 0. The van der Waals surface area contributed by atoms with Crippen molar-refractivity contribution in [3.8, 4) is 55.9 Å². The van der Waals surface area contributed by atoms with Gasteiger partial charge < -0.3 is 4.42 Å². The monoisotopic (exact) mass is 715 g/mol. The highest BCUT2D eigenvalue weighted by molar-refractivity contribution is 6.10. The van der Waals surface area contributed by atoms with E-state index in [0.29, 0.717) is 0 Å². The van der Waals surface area contributed by atoms with Crippen LogP contribution in [0.1, 0.15) is 29.0 Å². The third kappa shape index (κ3) is 5.53. The quantitative estimate of drug-likeness (QED) is 0.177. The van der Waals surface area contributed by atoms with Gasteiger partial charge in [-0.2, -0.15) is 0 Å². The predicted molar refractivity (Wildman–Crippen MR) is 233 cm³/mol. The third-order valence-corrected chi connectivity index (χ3v) is 11.7. The molecule has 2 nitrogen and oxygen atoms in total. The summed E-state index contributed by atoms with van der Waals surface area (Å²) in [6.45, 7) is 0. The summed E-state index contributed by atoms with van der Waals surface area (Å²) in [7, 11) is 0. The molecule has 1 aliphatic carbocycles. The number of pyridine rings is 1. The van der Waals surface area contributed by atoms with Gasteiger partial charge in [-0.3, -0.25) is 0 Å². The Hall–Kier alpha value is -7.03. The van der Waals surface area contributed by atoms with Crippen LogP contribution in [0.25, 0.3) is 88.6 Å². The zero-order chi connectivity index (χ0) is 37.0. The molecule has 11 rings (SSSR count). The van der Waals surface area contributed by atoms with Crippen LogP contribution in [0.3, 0.4) is 0 Å². The SMILES string of the molecule is c1ccc(-c2ccc3c(c2)-c2ccccc2[C@@H](c2ccc4oc5c(-c6ccc7cc(-c8ccccc8)nc(-c8ccccc8)c7c6)cccc5c4c2)CC3)cc1. The first-order valence-corrected chi connectivity index (χ1v) is 19.5. The van der Waals surface area contributed by atoms with E-state index in [1.54, 1.807) is 0 Å². The van der Waals surface area contributed by atoms with Crippen LogP contribution in [0.15, 0.2) is 199 Å². The summed E-state index contributed by atoms with van der Waals surface area (Å²) >= 11 is 0. The molecule has 10 aromatic rings. The lowest BCUT2D eigenvalue weighted by molar-refractivity contribution is 0.669. The van der Waals surface area contributed by atoms with E-state index in [0.717, 1.165) is 79.2 Å². The molecule has 0 fully saturated rings. The van der Waals surface area contributed by atoms with Crippen molar-refractivity contribution >= 4 is 32.7 Å². The molecule has 0 N–H and O–H groups in total. The number of furan rings is 1. The normalized spacial score (nSPS) is 13.8. The number of benzene rings is 8. The average molecular weight is 716 g/mol. The first-order chi connectivity index (χ1) is 27.7. The third-order valence-electron chi connectivity index (χ3n) is 11.7. The first kappa shape index (κ1) is 32.4. The Balaban J connectivity index is 1.01. The highest BCUT2D eigenvalue weighted by atomic mass is 16.3. The minimum absolute atomic E-state index is 0.265. The van der Waals surface area contributed by atoms with Gasteiger partial charge in [-0.25, -0.2) is 4.98 Å². The van der Waals surface area contributed by atoms with Crippen molar-refractivity contribution in [1.29, 1.82) is 0 Å². The summed E-state index contributed by atoms with van der Waals surface area (Å²) in [6, 6.07) is 70.1. The smallest absolute Gasteiger partial charge is 0.143 e. The number of aryl methyl sites for hydroxylation is 1. The Morgan fingerprint density at radius 1 is 0.446 bits per heavy atom. The van der Waals surface area contributed by atoms with Gasteiger partial charge in [-0.1, -0.05) is 164 Å². The lowest BCUT2D eigenvalue weighted by Crippen LogP contribution is -2.02. The van der Waals surface area contributed by atoms with E-state index in [2.05, 4.69) is 188 Å². The molecule has 0 spiro atoms. The van der Waals surface area contributed by atoms with Crippen molar-refractivity contribution in [1.82, 2.24) is 4.98 Å². The number of para-hydroxylation sites is 1. The van der Waals surface area contributed by atoms with Crippen LogP contribution < -0.4 is 0 Å². The van der Waals surface area contributed by atoms with E-state index < -0.39 is 0 Å². The van der Waals surface area contributed by atoms with Gasteiger partial charge in [0.25, 0.3) is 0 Å². The highest BCUT2D eigenvalue weighted by Crippen LogP contribution is 2.45. The van der Waals surface area contributed by atoms with Crippen LogP contribution in [-0.2, 0) is 6.42 Å². The molecule has 0 saturated carbocycles. The molecule has 0 unspecified atom stereocenters. The zero-order valence-corrected chi connectivity index (χ0v) is 30.8. The van der Waals surface area contributed by atoms with Crippen LogP contribution >= 0.6 is 0 Å². The zero-order valence-electron chi connectivity index (χ0n) is 30.8. The highest BCUT2D eigenvalue weighted by Gasteiger charge is 2.25. The molecule has 8 aromatic carbocycles. The van der Waals surface area contributed by atoms with Crippen molar-refractivity contribution < 1.29 is 4.42 Å². The summed E-state index contributed by atoms with van der Waals surface area (Å²) in [4.78, 5) is 5.26. The average Bonchev–Trinajstić information content (AvgIpc) is 3.57. The molecule has 56 heavy (non-hydrogen) atoms. The predicted octanol–water partition coefficient (Wildman–Crippen LogP) is 14.5. The molecule has 2 heteroatoms. The van der Waals surface area contributed by atoms with E-state index >= 15 is 0 Å². The number of hydrogen-bond acceptors (Lipinski definition) is 2. The second kappa shape index (κ2) is 13.4. The Kier molecular flexibility index (Phi) is 7.74. The molecule has 0 bridgehead atoms. The van der Waals surface area contributed by atoms with E-state index in [4.69, 9.17) is 9.40 Å². The second-order valence-corrected chi connectivity index (χ2v) is 15.0. The van der Waals surface area contributed by atoms with Crippen molar-refractivity contribution in [3.05, 3.63) is 211 Å². The lowest BCUT2D eigenvalue weighted by atomic mass is 9.85. The van der Waals surface area contributed by atoms with Gasteiger partial charge in [0, 0.05) is 38.8 Å². The molecule has 0 aliphatic heterocycles. The van der Waals surface area contributed by atoms with Gasteiger partial charge in [0.15, 0.2) is 0 Å². The van der Waals surface area contributed by atoms with E-state index in [-0.39, 0.29) is 5.92 Å². The molecular weight excluding hydrogens is 679 g/mol. The first-order valence-electron chi connectivity index (χ1n) is 19.5. The van der Waals surface area contributed by atoms with Gasteiger partial charge in [-0.05, 0) is 93.1 Å². The Bertz CT molecular complexity index is 3070. The number of rotatable bonds is 5. The van der Waals surface area contributed by atoms with E-state index in [1.165, 1.54) is 38.9 Å². The molecule has 2 heterocycles. The fraction of sp³-hybridized carbons (Fsp3) is 0.0556. The Morgan fingerprint density at radius 2 is 1.16 bits per heavy atom. The number of nitrogens with zero attached hydrogens (tertiary/aromatic N) is 1. The lowest BCUT2D eigenvalue weighted by Gasteiger charge is -2.18. The van der Waals surface area contributed by atoms with Gasteiger partial charge in [0.1, 0.15) is 11.2 Å². The summed E-state index contributed by atoms with van der Waals surface area (Å²) < 4.78 is 6.77. The number of fused-ring (bicyclic) bond motifs is 7. The molecule has 1 aliphatic rings. The van der Waals surface area contributed by atoms with Crippen molar-refractivity contribution in [2.45, 2.75) is 18.8 Å². The van der Waals surface area contributed by atoms with E-state index in [9.17, 15) is 0 Å². The molecule has 0 amide bonds. The minimum Gasteiger partial charge on any atom is -0.455 e. The standard InChI is InChI=1S/C54H37NO/c1-4-13-35(14-5-1)39-24-23-36-27-29-43(45-19-10-11-20-46(45)48(36)31-39)40-28-30-52-50(33-40)47-22-12-21-44(54(47)56-52)41-25-26-42-34-51(37-15-6-2-7-16-37)55-53(49(42)32-41)38-17-8-3-9-18-38/h1-26,28,30-34,43H,27,29H2/t43-/m1/s1. The fourth-order valence-corrected chi connectivity index (χ4v) is 8.95. The maximum absolute atomic E-state index is 6.77. The maximum atomic E-state index is 6.77. The van der Waals surface area contributed by atoms with Gasteiger partial charge in [0.2, 0.25) is 0 Å². The number of aromatic nitrogens is 1. The van der Waals surface area contributed by atoms with Crippen molar-refractivity contribution in [2.24, 2.45) is 0 Å². The van der Waals surface area contributed by atoms with Crippen LogP contribution in [0.2, 0.25) is 0 Å². The molecule has 0 radical (unpaired) electrons. The molecule has 1 atom stereocenters. The topological polar surface area (TPSA) is 26.0 Å². The molecule has 0 saturated heterocycles. The summed E-state index contributed by atoms with van der Waals surface area (Å²) in [5.41, 5.74) is 17.5. The van der Waals surface area contributed by atoms with Crippen molar-refractivity contribution in [2.75, 3.05) is 0 Å². The van der Waals surface area contributed by atoms with E-state index in [1.807, 2.05) is 6.07 Å². The Labute approximate surface area is 326 Å². The molecular formula is C54H37NO. The van der Waals surface area contributed by atoms with Crippen LogP contribution in [0.4, 0.5) is 0 Å². The minimum atomic E-state index is 0.265. The molecule has 2 aromatic heterocycles. The molecule has 264 valence electrons. The van der Waals surface area contributed by atoms with Crippen molar-refractivity contribution in [3.63, 3.8) is 0 Å². The Morgan fingerprint density at radius 3 is 1.98 bits per heavy atom. The van der Waals surface area contributed by atoms with Crippen LogP contribution in [0.5, 0.6) is 0 Å². The van der Waals surface area contributed by atoms with Gasteiger partial charge in [-0.15, -0.1) is 0 Å². The van der Waals surface area contributed by atoms with Crippen LogP contribution in [-0.4, -0.2) is 4.98 Å². The summed E-state index contributed by atoms with van der Waals surface area (Å²) in [6.07, 6.45) is 2.06. The van der Waals surface area contributed by atoms with Crippen LogP contribution in [0, 0.1) is 0 Å². The fourth-order valence-electron chi connectivity index (χ4n) is 8.95. The van der Waals surface area contributed by atoms with Gasteiger partial charge >= 0.3 is 0 Å². The maximum Gasteiger partial charge on any atom is 0.143 e. The second-order valence-electron chi connectivity index (χ2n) is 15.0. The van der Waals surface area contributed by atoms with Gasteiger partial charge in [0.05, 0.1) is 11.4 Å². The summed E-state index contributed by atoms with van der Waals surface area (Å²) in [5.74, 6) is 0.265. The summed E-state index contributed by atoms with van der Waals surface area (Å²) in [5, 5.41) is 4.57. The largest absolute Gasteiger partial charge is 0.455 e.